The maximum atomic E-state index is 4.33. The van der Waals surface area contributed by atoms with Gasteiger partial charge in [0.2, 0.25) is 0 Å². The molecule has 0 radical (unpaired) electrons. The maximum Gasteiger partial charge on any atom is 0.175 e. The average Bonchev–Trinajstić information content (AvgIpc) is 2.81. The predicted octanol–water partition coefficient (Wildman–Crippen LogP) is 3.66. The van der Waals surface area contributed by atoms with Gasteiger partial charge in [-0.05, 0) is 57.2 Å². The van der Waals surface area contributed by atoms with Crippen molar-refractivity contribution in [1.82, 2.24) is 20.0 Å². The molecule has 0 unspecified atom stereocenters. The molecular formula is C17H23N5. The van der Waals surface area contributed by atoms with Crippen LogP contribution in [0.15, 0.2) is 36.0 Å². The van der Waals surface area contributed by atoms with Crippen LogP contribution in [0.25, 0.3) is 5.82 Å². The highest BCUT2D eigenvalue weighted by Gasteiger charge is 2.04. The second-order valence-electron chi connectivity index (χ2n) is 5.82. The lowest BCUT2D eigenvalue weighted by Crippen LogP contribution is -2.07. The lowest BCUT2D eigenvalue weighted by molar-refractivity contribution is 0.703. The summed E-state index contributed by atoms with van der Waals surface area (Å²) in [7, 11) is 0. The Hall–Kier alpha value is -2.17. The van der Waals surface area contributed by atoms with Crippen molar-refractivity contribution in [1.29, 1.82) is 0 Å². The Morgan fingerprint density at radius 2 is 2.09 bits per heavy atom. The molecule has 1 N–H and O–H groups in total. The molecular weight excluding hydrogens is 274 g/mol. The van der Waals surface area contributed by atoms with Crippen LogP contribution in [0.1, 0.15) is 44.2 Å². The molecule has 0 spiro atoms. The number of aryl methyl sites for hydroxylation is 1. The summed E-state index contributed by atoms with van der Waals surface area (Å²) in [4.78, 5) is 0. The molecule has 3 rings (SSSR count). The molecule has 0 aromatic carbocycles. The summed E-state index contributed by atoms with van der Waals surface area (Å²) in [5, 5.41) is 16.1. The molecule has 116 valence electrons. The van der Waals surface area contributed by atoms with Gasteiger partial charge in [-0.2, -0.15) is 5.10 Å². The van der Waals surface area contributed by atoms with Crippen LogP contribution >= 0.6 is 0 Å². The highest BCUT2D eigenvalue weighted by Crippen LogP contribution is 2.19. The number of hydrogen-bond acceptors (Lipinski definition) is 4. The lowest BCUT2D eigenvalue weighted by atomic mass is 10.1. The first-order valence-corrected chi connectivity index (χ1v) is 8.09. The van der Waals surface area contributed by atoms with Crippen molar-refractivity contribution < 1.29 is 0 Å². The van der Waals surface area contributed by atoms with Gasteiger partial charge in [0.1, 0.15) is 5.82 Å². The van der Waals surface area contributed by atoms with E-state index in [1.54, 1.807) is 10.3 Å². The van der Waals surface area contributed by atoms with E-state index in [2.05, 4.69) is 26.7 Å². The Balaban J connectivity index is 1.52. The zero-order valence-corrected chi connectivity index (χ0v) is 13.1. The summed E-state index contributed by atoms with van der Waals surface area (Å²) < 4.78 is 1.74. The van der Waals surface area contributed by atoms with Crippen molar-refractivity contribution in [2.75, 3.05) is 11.9 Å². The van der Waals surface area contributed by atoms with Crippen molar-refractivity contribution in [2.24, 2.45) is 0 Å². The third kappa shape index (κ3) is 3.93. The summed E-state index contributed by atoms with van der Waals surface area (Å²) >= 11 is 0. The maximum absolute atomic E-state index is 4.33. The van der Waals surface area contributed by atoms with E-state index in [4.69, 9.17) is 0 Å². The largest absolute Gasteiger partial charge is 0.368 e. The Labute approximate surface area is 131 Å². The van der Waals surface area contributed by atoms with Crippen molar-refractivity contribution in [3.8, 4) is 5.82 Å². The van der Waals surface area contributed by atoms with Gasteiger partial charge in [0.25, 0.3) is 0 Å². The quantitative estimate of drug-likeness (QED) is 0.856. The number of nitrogens with zero attached hydrogens (tertiary/aromatic N) is 4. The standard InChI is InChI=1S/C17H23N5/c1-14-11-13-22(21-14)17-9-8-16(19-20-17)18-12-10-15-6-4-2-3-5-7-15/h6,8-9,11,13H,2-5,7,10,12H2,1H3,(H,18,19). The van der Waals surface area contributed by atoms with E-state index in [0.717, 1.165) is 30.3 Å². The number of anilines is 1. The molecule has 5 heteroatoms. The van der Waals surface area contributed by atoms with Crippen molar-refractivity contribution in [2.45, 2.75) is 45.4 Å². The number of hydrogen-bond donors (Lipinski definition) is 1. The van der Waals surface area contributed by atoms with Gasteiger partial charge < -0.3 is 5.32 Å². The van der Waals surface area contributed by atoms with Gasteiger partial charge in [0, 0.05) is 12.7 Å². The molecule has 5 nitrogen and oxygen atoms in total. The van der Waals surface area contributed by atoms with Gasteiger partial charge in [-0.25, -0.2) is 4.68 Å². The molecule has 0 fully saturated rings. The third-order valence-corrected chi connectivity index (χ3v) is 3.99. The lowest BCUT2D eigenvalue weighted by Gasteiger charge is -2.08. The van der Waals surface area contributed by atoms with E-state index in [1.807, 2.05) is 31.3 Å². The van der Waals surface area contributed by atoms with Gasteiger partial charge in [-0.15, -0.1) is 10.2 Å². The summed E-state index contributed by atoms with van der Waals surface area (Å²) in [6.45, 7) is 2.88. The zero-order chi connectivity index (χ0) is 15.2. The molecule has 0 atom stereocenters. The first-order valence-electron chi connectivity index (χ1n) is 8.09. The molecule has 1 aliphatic carbocycles. The number of aromatic nitrogens is 4. The Bertz CT molecular complexity index is 627. The smallest absolute Gasteiger partial charge is 0.175 e. The Morgan fingerprint density at radius 1 is 1.14 bits per heavy atom. The van der Waals surface area contributed by atoms with Crippen LogP contribution in [0.5, 0.6) is 0 Å². The molecule has 2 aromatic rings. The van der Waals surface area contributed by atoms with E-state index in [-0.39, 0.29) is 0 Å². The van der Waals surface area contributed by atoms with Gasteiger partial charge in [-0.1, -0.05) is 18.1 Å². The van der Waals surface area contributed by atoms with Crippen molar-refractivity contribution in [3.05, 3.63) is 41.7 Å². The first kappa shape index (κ1) is 14.8. The van der Waals surface area contributed by atoms with Crippen molar-refractivity contribution >= 4 is 5.82 Å². The minimum atomic E-state index is 0.741. The van der Waals surface area contributed by atoms with E-state index in [9.17, 15) is 0 Å². The van der Waals surface area contributed by atoms with E-state index < -0.39 is 0 Å². The molecule has 2 aromatic heterocycles. The number of rotatable bonds is 5. The fraction of sp³-hybridized carbons (Fsp3) is 0.471. The second-order valence-corrected chi connectivity index (χ2v) is 5.82. The molecule has 0 amide bonds. The van der Waals surface area contributed by atoms with Gasteiger partial charge >= 0.3 is 0 Å². The monoisotopic (exact) mass is 297 g/mol. The normalized spacial score (nSPS) is 15.2. The average molecular weight is 297 g/mol. The first-order chi connectivity index (χ1) is 10.8. The van der Waals surface area contributed by atoms with Crippen LogP contribution in [0.2, 0.25) is 0 Å². The minimum absolute atomic E-state index is 0.741. The predicted molar refractivity (Wildman–Crippen MR) is 88.2 cm³/mol. The molecule has 0 bridgehead atoms. The number of nitrogens with one attached hydrogen (secondary N) is 1. The van der Waals surface area contributed by atoms with Gasteiger partial charge in [-0.3, -0.25) is 0 Å². The Morgan fingerprint density at radius 3 is 2.86 bits per heavy atom. The summed E-state index contributed by atoms with van der Waals surface area (Å²) in [5.74, 6) is 1.56. The molecule has 0 saturated heterocycles. The SMILES string of the molecule is Cc1ccn(-c2ccc(NCCC3=CCCCCC3)nn2)n1. The summed E-state index contributed by atoms with van der Waals surface area (Å²) in [6, 6.07) is 5.85. The van der Waals surface area contributed by atoms with Crippen LogP contribution in [-0.2, 0) is 0 Å². The van der Waals surface area contributed by atoms with Gasteiger partial charge in [0.05, 0.1) is 5.69 Å². The third-order valence-electron chi connectivity index (χ3n) is 3.99. The Kier molecular flexibility index (Phi) is 4.83. The van der Waals surface area contributed by atoms with Crippen LogP contribution in [0.3, 0.4) is 0 Å². The van der Waals surface area contributed by atoms with E-state index in [1.165, 1.54) is 32.1 Å². The fourth-order valence-corrected chi connectivity index (χ4v) is 2.74. The van der Waals surface area contributed by atoms with Gasteiger partial charge in [0.15, 0.2) is 5.82 Å². The molecule has 2 heterocycles. The highest BCUT2D eigenvalue weighted by atomic mass is 15.3. The van der Waals surface area contributed by atoms with Crippen LogP contribution < -0.4 is 5.32 Å². The molecule has 0 saturated carbocycles. The zero-order valence-electron chi connectivity index (χ0n) is 13.1. The topological polar surface area (TPSA) is 55.6 Å². The summed E-state index contributed by atoms with van der Waals surface area (Å²) in [5.41, 5.74) is 2.56. The van der Waals surface area contributed by atoms with Crippen molar-refractivity contribution in [3.63, 3.8) is 0 Å². The highest BCUT2D eigenvalue weighted by molar-refractivity contribution is 5.36. The van der Waals surface area contributed by atoms with Crippen LogP contribution in [-0.4, -0.2) is 26.5 Å². The molecule has 0 aliphatic heterocycles. The fourth-order valence-electron chi connectivity index (χ4n) is 2.74. The van der Waals surface area contributed by atoms with E-state index in [0.29, 0.717) is 0 Å². The van der Waals surface area contributed by atoms with E-state index >= 15 is 0 Å². The number of allylic oxidation sites excluding steroid dienone is 1. The second kappa shape index (κ2) is 7.20. The van der Waals surface area contributed by atoms with Crippen LogP contribution in [0, 0.1) is 6.92 Å². The molecule has 1 aliphatic rings. The van der Waals surface area contributed by atoms with Crippen LogP contribution in [0.4, 0.5) is 5.82 Å². The minimum Gasteiger partial charge on any atom is -0.368 e. The molecule has 22 heavy (non-hydrogen) atoms. The summed E-state index contributed by atoms with van der Waals surface area (Å²) in [6.07, 6.45) is 12.0.